The number of ether oxygens (including phenoxy) is 1. The van der Waals surface area contributed by atoms with E-state index in [0.29, 0.717) is 21.8 Å². The molecule has 2 rings (SSSR count). The highest BCUT2D eigenvalue weighted by Crippen LogP contribution is 2.26. The van der Waals surface area contributed by atoms with E-state index in [1.807, 2.05) is 0 Å². The van der Waals surface area contributed by atoms with Gasteiger partial charge in [0.2, 0.25) is 5.91 Å². The minimum absolute atomic E-state index is 0.192. The topological polar surface area (TPSA) is 58.6 Å². The van der Waals surface area contributed by atoms with Gasteiger partial charge in [-0.1, -0.05) is 29.8 Å². The molecule has 0 spiro atoms. The molecule has 0 fully saturated rings. The van der Waals surface area contributed by atoms with Crippen molar-refractivity contribution in [1.82, 2.24) is 0 Å². The maximum Gasteiger partial charge on any atom is 0.227 e. The summed E-state index contributed by atoms with van der Waals surface area (Å²) >= 11 is 6.09. The van der Waals surface area contributed by atoms with Crippen LogP contribution in [-0.4, -0.2) is 18.1 Å². The highest BCUT2D eigenvalue weighted by atomic mass is 35.5. The molecule has 0 aliphatic rings. The number of rotatable bonds is 6. The van der Waals surface area contributed by atoms with Crippen molar-refractivity contribution in [2.45, 2.75) is 19.1 Å². The third kappa shape index (κ3) is 4.76. The molecule has 0 heterocycles. The minimum Gasteiger partial charge on any atom is -0.388 e. The van der Waals surface area contributed by atoms with Crippen LogP contribution in [0.2, 0.25) is 5.02 Å². The Balaban J connectivity index is 2.06. The van der Waals surface area contributed by atoms with E-state index >= 15 is 0 Å². The van der Waals surface area contributed by atoms with Gasteiger partial charge in [0, 0.05) is 23.4 Å². The minimum atomic E-state index is -1.09. The molecule has 0 saturated heterocycles. The molecule has 4 nitrogen and oxygen atoms in total. The van der Waals surface area contributed by atoms with Crippen molar-refractivity contribution >= 4 is 23.2 Å². The van der Waals surface area contributed by atoms with E-state index in [2.05, 4.69) is 5.32 Å². The molecule has 1 atom stereocenters. The molecule has 0 aliphatic heterocycles. The molecule has 0 aromatic heterocycles. The van der Waals surface area contributed by atoms with Gasteiger partial charge in [0.05, 0.1) is 19.1 Å². The number of hydrogen-bond donors (Lipinski definition) is 2. The molecule has 0 aliphatic carbocycles. The second-order valence-electron chi connectivity index (χ2n) is 5.02. The summed E-state index contributed by atoms with van der Waals surface area (Å²) in [4.78, 5) is 12.1. The molecule has 1 unspecified atom stereocenters. The Morgan fingerprint density at radius 1 is 1.35 bits per heavy atom. The van der Waals surface area contributed by atoms with E-state index in [9.17, 15) is 14.3 Å². The molecule has 0 radical (unpaired) electrons. The number of nitrogens with one attached hydrogen (secondary N) is 1. The lowest BCUT2D eigenvalue weighted by molar-refractivity contribution is -0.118. The maximum absolute atomic E-state index is 13.2. The lowest BCUT2D eigenvalue weighted by atomic mass is 10.1. The number of anilines is 1. The van der Waals surface area contributed by atoms with Crippen LogP contribution in [0, 0.1) is 5.82 Å². The summed E-state index contributed by atoms with van der Waals surface area (Å²) in [7, 11) is 1.53. The number of methoxy groups -OCH3 is 1. The zero-order valence-electron chi connectivity index (χ0n) is 12.6. The van der Waals surface area contributed by atoms with Gasteiger partial charge in [0.25, 0.3) is 0 Å². The van der Waals surface area contributed by atoms with Crippen molar-refractivity contribution in [2.24, 2.45) is 0 Å². The Labute approximate surface area is 138 Å². The fourth-order valence-electron chi connectivity index (χ4n) is 2.18. The first-order valence-electron chi connectivity index (χ1n) is 7.01. The van der Waals surface area contributed by atoms with Crippen LogP contribution < -0.4 is 5.32 Å². The molecule has 23 heavy (non-hydrogen) atoms. The van der Waals surface area contributed by atoms with Crippen LogP contribution >= 0.6 is 11.6 Å². The molecule has 6 heteroatoms. The van der Waals surface area contributed by atoms with Crippen molar-refractivity contribution in [2.75, 3.05) is 12.4 Å². The summed E-state index contributed by atoms with van der Waals surface area (Å²) in [6, 6.07) is 10.6. The zero-order valence-corrected chi connectivity index (χ0v) is 13.3. The zero-order chi connectivity index (χ0) is 16.8. The first-order chi connectivity index (χ1) is 11.0. The van der Waals surface area contributed by atoms with Gasteiger partial charge in [-0.2, -0.15) is 0 Å². The Bertz CT molecular complexity index is 693. The smallest absolute Gasteiger partial charge is 0.227 e. The quantitative estimate of drug-likeness (QED) is 0.845. The summed E-state index contributed by atoms with van der Waals surface area (Å²) in [6.45, 7) is 0.252. The SMILES string of the molecule is COCc1c(Cl)cccc1NC(=O)CC(O)c1cccc(F)c1. The predicted molar refractivity (Wildman–Crippen MR) is 86.8 cm³/mol. The van der Waals surface area contributed by atoms with E-state index in [0.717, 1.165) is 0 Å². The molecular formula is C17H17ClFNO3. The number of carbonyl (C=O) groups is 1. The van der Waals surface area contributed by atoms with Crippen LogP contribution in [0.15, 0.2) is 42.5 Å². The van der Waals surface area contributed by atoms with Crippen LogP contribution in [0.4, 0.5) is 10.1 Å². The monoisotopic (exact) mass is 337 g/mol. The number of aliphatic hydroxyl groups excluding tert-OH is 1. The fourth-order valence-corrected chi connectivity index (χ4v) is 2.40. The highest BCUT2D eigenvalue weighted by molar-refractivity contribution is 6.31. The van der Waals surface area contributed by atoms with Gasteiger partial charge in [0.15, 0.2) is 0 Å². The number of benzene rings is 2. The highest BCUT2D eigenvalue weighted by Gasteiger charge is 2.15. The van der Waals surface area contributed by atoms with Crippen LogP contribution in [0.3, 0.4) is 0 Å². The first kappa shape index (κ1) is 17.4. The van der Waals surface area contributed by atoms with Gasteiger partial charge in [-0.05, 0) is 29.8 Å². The summed E-state index contributed by atoms with van der Waals surface area (Å²) < 4.78 is 18.2. The summed E-state index contributed by atoms with van der Waals surface area (Å²) in [6.07, 6.45) is -1.28. The van der Waals surface area contributed by atoms with Crippen LogP contribution in [0.25, 0.3) is 0 Å². The average molecular weight is 338 g/mol. The fraction of sp³-hybridized carbons (Fsp3) is 0.235. The molecule has 1 amide bonds. The second kappa shape index (κ2) is 8.06. The third-order valence-corrected chi connectivity index (χ3v) is 3.65. The third-order valence-electron chi connectivity index (χ3n) is 3.29. The first-order valence-corrected chi connectivity index (χ1v) is 7.38. The van der Waals surface area contributed by atoms with Crippen molar-refractivity contribution in [3.63, 3.8) is 0 Å². The molecule has 122 valence electrons. The number of amides is 1. The summed E-state index contributed by atoms with van der Waals surface area (Å²) in [5.41, 5.74) is 1.53. The van der Waals surface area contributed by atoms with Crippen molar-refractivity contribution in [3.05, 3.63) is 64.4 Å². The van der Waals surface area contributed by atoms with Crippen LogP contribution in [0.5, 0.6) is 0 Å². The molecule has 2 aromatic carbocycles. The predicted octanol–water partition coefficient (Wildman–Crippen LogP) is 3.69. The maximum atomic E-state index is 13.2. The van der Waals surface area contributed by atoms with E-state index < -0.39 is 17.8 Å². The largest absolute Gasteiger partial charge is 0.388 e. The normalized spacial score (nSPS) is 12.0. The van der Waals surface area contributed by atoms with Crippen molar-refractivity contribution in [3.8, 4) is 0 Å². The van der Waals surface area contributed by atoms with Crippen LogP contribution in [0.1, 0.15) is 23.7 Å². The van der Waals surface area contributed by atoms with Gasteiger partial charge >= 0.3 is 0 Å². The standard InChI is InChI=1S/C17H17ClFNO3/c1-23-10-13-14(18)6-3-7-15(13)20-17(22)9-16(21)11-4-2-5-12(19)8-11/h2-8,16,21H,9-10H2,1H3,(H,20,22). The van der Waals surface area contributed by atoms with Crippen molar-refractivity contribution < 1.29 is 19.0 Å². The average Bonchev–Trinajstić information content (AvgIpc) is 2.50. The number of hydrogen-bond acceptors (Lipinski definition) is 3. The molecular weight excluding hydrogens is 321 g/mol. The van der Waals surface area contributed by atoms with E-state index in [4.69, 9.17) is 16.3 Å². The number of carbonyl (C=O) groups excluding carboxylic acids is 1. The number of aliphatic hydroxyl groups is 1. The Kier molecular flexibility index (Phi) is 6.10. The molecule has 0 saturated carbocycles. The van der Waals surface area contributed by atoms with Gasteiger partial charge in [-0.25, -0.2) is 4.39 Å². The summed E-state index contributed by atoms with van der Waals surface area (Å²) in [5, 5.41) is 13.2. The van der Waals surface area contributed by atoms with Gasteiger partial charge in [-0.15, -0.1) is 0 Å². The Hall–Kier alpha value is -1.95. The molecule has 0 bridgehead atoms. The van der Waals surface area contributed by atoms with Gasteiger partial charge < -0.3 is 15.2 Å². The summed E-state index contributed by atoms with van der Waals surface area (Å²) in [5.74, 6) is -0.861. The second-order valence-corrected chi connectivity index (χ2v) is 5.43. The van der Waals surface area contributed by atoms with Gasteiger partial charge in [-0.3, -0.25) is 4.79 Å². The van der Waals surface area contributed by atoms with Crippen LogP contribution in [-0.2, 0) is 16.1 Å². The molecule has 2 N–H and O–H groups in total. The Morgan fingerprint density at radius 3 is 2.78 bits per heavy atom. The molecule has 2 aromatic rings. The lowest BCUT2D eigenvalue weighted by Crippen LogP contribution is -2.17. The van der Waals surface area contributed by atoms with Crippen molar-refractivity contribution in [1.29, 1.82) is 0 Å². The Morgan fingerprint density at radius 2 is 2.09 bits per heavy atom. The number of halogens is 2. The van der Waals surface area contributed by atoms with Gasteiger partial charge in [0.1, 0.15) is 5.82 Å². The van der Waals surface area contributed by atoms with E-state index in [1.54, 1.807) is 24.3 Å². The lowest BCUT2D eigenvalue weighted by Gasteiger charge is -2.14. The van der Waals surface area contributed by atoms with E-state index in [-0.39, 0.29) is 13.0 Å². The van der Waals surface area contributed by atoms with E-state index in [1.165, 1.54) is 25.3 Å².